The number of hydrogen-bond donors (Lipinski definition) is 0. The van der Waals surface area contributed by atoms with E-state index in [9.17, 15) is 4.79 Å². The van der Waals surface area contributed by atoms with Crippen molar-refractivity contribution >= 4 is 16.9 Å². The Balaban J connectivity index is 4.08. The molecule has 0 radical (unpaired) electrons. The van der Waals surface area contributed by atoms with Gasteiger partial charge in [-0.25, -0.2) is 0 Å². The van der Waals surface area contributed by atoms with Gasteiger partial charge in [-0.2, -0.15) is 0 Å². The Kier molecular flexibility index (Phi) is 9.88. The highest BCUT2D eigenvalue weighted by molar-refractivity contribution is 8.13. The van der Waals surface area contributed by atoms with Crippen LogP contribution in [0.1, 0.15) is 74.1 Å². The number of rotatable bonds is 10. The second kappa shape index (κ2) is 9.89. The summed E-state index contributed by atoms with van der Waals surface area (Å²) < 4.78 is 0. The van der Waals surface area contributed by atoms with E-state index >= 15 is 0 Å². The van der Waals surface area contributed by atoms with Crippen LogP contribution in [0.3, 0.4) is 0 Å². The summed E-state index contributed by atoms with van der Waals surface area (Å²) in [7, 11) is 0. The molecule has 0 aromatic rings. The fourth-order valence-corrected chi connectivity index (χ4v) is 3.94. The monoisotopic (exact) mass is 315 g/mol. The molecular weight excluding hydrogens is 278 g/mol. The van der Waals surface area contributed by atoms with Gasteiger partial charge in [-0.3, -0.25) is 4.79 Å². The smallest absolute Gasteiger partial charge is 0.190 e. The molecule has 0 rings (SSSR count). The van der Waals surface area contributed by atoms with Crippen LogP contribution in [0, 0.1) is 10.8 Å². The maximum absolute atomic E-state index is 12.1. The van der Waals surface area contributed by atoms with Gasteiger partial charge in [-0.1, -0.05) is 60.2 Å². The molecule has 0 saturated heterocycles. The van der Waals surface area contributed by atoms with Crippen LogP contribution < -0.4 is 0 Å². The summed E-state index contributed by atoms with van der Waals surface area (Å²) in [6, 6.07) is 0. The number of carbonyl (C=O) groups is 1. The van der Waals surface area contributed by atoms with Crippen molar-refractivity contribution in [3.8, 4) is 0 Å². The fraction of sp³-hybridized carbons (Fsp3) is 0.944. The average molecular weight is 316 g/mol. The standard InChI is InChI=1S/C18H37NOS/c1-8-11-19(12-9-2)13-10-16(20)21-15-18(6,7)14-17(3,4)5/h8-15H2,1-7H3. The van der Waals surface area contributed by atoms with Crippen molar-refractivity contribution in [3.63, 3.8) is 0 Å². The molecule has 3 heteroatoms. The zero-order chi connectivity index (χ0) is 16.5. The average Bonchev–Trinajstić information content (AvgIpc) is 2.31. The van der Waals surface area contributed by atoms with Gasteiger partial charge in [0.2, 0.25) is 0 Å². The molecule has 0 heterocycles. The molecular formula is C18H37NOS. The summed E-state index contributed by atoms with van der Waals surface area (Å²) in [6.45, 7) is 18.9. The predicted molar refractivity (Wildman–Crippen MR) is 97.0 cm³/mol. The molecule has 0 aliphatic carbocycles. The third kappa shape index (κ3) is 12.2. The van der Waals surface area contributed by atoms with Gasteiger partial charge >= 0.3 is 0 Å². The molecule has 0 saturated carbocycles. The number of hydrogen-bond acceptors (Lipinski definition) is 3. The van der Waals surface area contributed by atoms with Crippen molar-refractivity contribution in [2.24, 2.45) is 10.8 Å². The Morgan fingerprint density at radius 2 is 1.48 bits per heavy atom. The Morgan fingerprint density at radius 1 is 0.952 bits per heavy atom. The molecule has 0 spiro atoms. The maximum Gasteiger partial charge on any atom is 0.190 e. The van der Waals surface area contributed by atoms with E-state index in [2.05, 4.69) is 53.4 Å². The van der Waals surface area contributed by atoms with Crippen LogP contribution in [0.5, 0.6) is 0 Å². The second-order valence-corrected chi connectivity index (χ2v) is 9.19. The summed E-state index contributed by atoms with van der Waals surface area (Å²) in [6.07, 6.45) is 4.17. The minimum absolute atomic E-state index is 0.227. The molecule has 0 fully saturated rings. The first-order chi connectivity index (χ1) is 9.59. The van der Waals surface area contributed by atoms with Crippen LogP contribution in [0.15, 0.2) is 0 Å². The van der Waals surface area contributed by atoms with E-state index in [1.807, 2.05) is 0 Å². The third-order valence-corrected chi connectivity index (χ3v) is 4.80. The molecule has 2 nitrogen and oxygen atoms in total. The Bertz CT molecular complexity index is 288. The molecule has 0 unspecified atom stereocenters. The van der Waals surface area contributed by atoms with Gasteiger partial charge in [0, 0.05) is 18.7 Å². The van der Waals surface area contributed by atoms with Crippen LogP contribution >= 0.6 is 11.8 Å². The number of thioether (sulfide) groups is 1. The molecule has 0 aromatic carbocycles. The fourth-order valence-electron chi connectivity index (χ4n) is 3.05. The topological polar surface area (TPSA) is 20.3 Å². The lowest BCUT2D eigenvalue weighted by Crippen LogP contribution is -2.28. The maximum atomic E-state index is 12.1. The van der Waals surface area contributed by atoms with E-state index in [1.54, 1.807) is 0 Å². The van der Waals surface area contributed by atoms with E-state index < -0.39 is 0 Å². The lowest BCUT2D eigenvalue weighted by atomic mass is 9.77. The van der Waals surface area contributed by atoms with Crippen LogP contribution in [0.4, 0.5) is 0 Å². The highest BCUT2D eigenvalue weighted by Gasteiger charge is 2.26. The third-order valence-electron chi connectivity index (χ3n) is 3.34. The summed E-state index contributed by atoms with van der Waals surface area (Å²) in [5.74, 6) is 0.935. The Morgan fingerprint density at radius 3 is 1.90 bits per heavy atom. The van der Waals surface area contributed by atoms with Crippen molar-refractivity contribution in [3.05, 3.63) is 0 Å². The highest BCUT2D eigenvalue weighted by atomic mass is 32.2. The summed E-state index contributed by atoms with van der Waals surface area (Å²) in [4.78, 5) is 14.5. The van der Waals surface area contributed by atoms with E-state index in [0.29, 0.717) is 17.0 Å². The second-order valence-electron chi connectivity index (χ2n) is 8.15. The van der Waals surface area contributed by atoms with Crippen molar-refractivity contribution in [1.82, 2.24) is 4.90 Å². The van der Waals surface area contributed by atoms with E-state index in [1.165, 1.54) is 24.6 Å². The van der Waals surface area contributed by atoms with Crippen LogP contribution in [0.2, 0.25) is 0 Å². The Labute approximate surface area is 137 Å². The lowest BCUT2D eigenvalue weighted by molar-refractivity contribution is -0.111. The van der Waals surface area contributed by atoms with E-state index in [0.717, 1.165) is 31.8 Å². The quantitative estimate of drug-likeness (QED) is 0.551. The van der Waals surface area contributed by atoms with Crippen molar-refractivity contribution in [2.75, 3.05) is 25.4 Å². The summed E-state index contributed by atoms with van der Waals surface area (Å²) in [5, 5.41) is 0.356. The van der Waals surface area contributed by atoms with E-state index in [4.69, 9.17) is 0 Å². The SMILES string of the molecule is CCCN(CCC)CCC(=O)SCC(C)(C)CC(C)(C)C. The normalized spacial score (nSPS) is 13.0. The number of nitrogens with zero attached hydrogens (tertiary/aromatic N) is 1. The van der Waals surface area contributed by atoms with Gasteiger partial charge in [0.25, 0.3) is 0 Å². The molecule has 0 bridgehead atoms. The zero-order valence-corrected chi connectivity index (χ0v) is 16.2. The first kappa shape index (κ1) is 21.0. The highest BCUT2D eigenvalue weighted by Crippen LogP contribution is 2.35. The van der Waals surface area contributed by atoms with Crippen molar-refractivity contribution < 1.29 is 4.79 Å². The number of carbonyl (C=O) groups excluding carboxylic acids is 1. The van der Waals surface area contributed by atoms with Gasteiger partial charge in [-0.05, 0) is 43.2 Å². The molecule has 0 aromatic heterocycles. The molecule has 0 atom stereocenters. The first-order valence-corrected chi connectivity index (χ1v) is 9.46. The van der Waals surface area contributed by atoms with Crippen LogP contribution in [-0.4, -0.2) is 35.4 Å². The van der Waals surface area contributed by atoms with E-state index in [-0.39, 0.29) is 5.41 Å². The van der Waals surface area contributed by atoms with Crippen molar-refractivity contribution in [2.45, 2.75) is 74.1 Å². The van der Waals surface area contributed by atoms with Gasteiger partial charge in [-0.15, -0.1) is 0 Å². The van der Waals surface area contributed by atoms with Crippen molar-refractivity contribution in [1.29, 1.82) is 0 Å². The molecule has 0 N–H and O–H groups in total. The zero-order valence-electron chi connectivity index (χ0n) is 15.4. The van der Waals surface area contributed by atoms with Crippen LogP contribution in [0.25, 0.3) is 0 Å². The minimum atomic E-state index is 0.227. The predicted octanol–water partition coefficient (Wildman–Crippen LogP) is 5.22. The molecule has 0 aliphatic rings. The van der Waals surface area contributed by atoms with Gasteiger partial charge in [0.15, 0.2) is 5.12 Å². The first-order valence-electron chi connectivity index (χ1n) is 8.47. The van der Waals surface area contributed by atoms with Gasteiger partial charge < -0.3 is 4.90 Å². The van der Waals surface area contributed by atoms with Gasteiger partial charge in [0.05, 0.1) is 0 Å². The lowest BCUT2D eigenvalue weighted by Gasteiger charge is -2.32. The molecule has 126 valence electrons. The van der Waals surface area contributed by atoms with Crippen LogP contribution in [-0.2, 0) is 4.79 Å². The Hall–Kier alpha value is -0.0200. The minimum Gasteiger partial charge on any atom is -0.303 e. The molecule has 0 amide bonds. The van der Waals surface area contributed by atoms with Gasteiger partial charge in [0.1, 0.15) is 0 Å². The summed E-state index contributed by atoms with van der Waals surface area (Å²) >= 11 is 1.54. The molecule has 0 aliphatic heterocycles. The molecule has 21 heavy (non-hydrogen) atoms. The largest absolute Gasteiger partial charge is 0.303 e. The summed E-state index contributed by atoms with van der Waals surface area (Å²) in [5.41, 5.74) is 0.553.